The van der Waals surface area contributed by atoms with Gasteiger partial charge < -0.3 is 66.8 Å². The van der Waals surface area contributed by atoms with Gasteiger partial charge in [0.2, 0.25) is 0 Å². The molecule has 0 heterocycles. The van der Waals surface area contributed by atoms with Gasteiger partial charge >= 0.3 is 11.9 Å². The number of rotatable bonds is 10. The molecular weight excluding hydrogens is 450 g/mol. The van der Waals surface area contributed by atoms with Gasteiger partial charge in [-0.1, -0.05) is 0 Å². The first-order valence-corrected chi connectivity index (χ1v) is 6.95. The van der Waals surface area contributed by atoms with Crippen LogP contribution in [0.15, 0.2) is 0 Å². The van der Waals surface area contributed by atoms with E-state index in [0.29, 0.717) is 0 Å². The van der Waals surface area contributed by atoms with Gasteiger partial charge in [-0.05, 0) is 0 Å². The van der Waals surface area contributed by atoms with Gasteiger partial charge in [0, 0.05) is 19.5 Å². The molecular formula is C12H26O15Zn. The van der Waals surface area contributed by atoms with E-state index in [0.717, 1.165) is 0 Å². The first-order valence-electron chi connectivity index (χ1n) is 6.95. The molecule has 0 radical (unpaired) electrons. The van der Waals surface area contributed by atoms with Crippen molar-refractivity contribution in [2.24, 2.45) is 0 Å². The Bertz CT molecular complexity index is 386. The molecule has 16 heteroatoms. The van der Waals surface area contributed by atoms with E-state index in [1.165, 1.54) is 0 Å². The van der Waals surface area contributed by atoms with Crippen molar-refractivity contribution in [3.63, 3.8) is 0 Å². The first kappa shape index (κ1) is 34.6. The Hall–Kier alpha value is -0.877. The molecule has 0 bridgehead atoms. The fourth-order valence-electron chi connectivity index (χ4n) is 1.34. The van der Waals surface area contributed by atoms with Crippen molar-refractivity contribution in [3.05, 3.63) is 0 Å². The van der Waals surface area contributed by atoms with Gasteiger partial charge in [0.1, 0.15) is 36.6 Å². The molecule has 0 fully saturated rings. The molecule has 0 aliphatic heterocycles. The number of carboxylic acid groups (broad SMARTS) is 2. The molecule has 0 amide bonds. The number of hydrogen-bond donors (Lipinski definition) is 12. The number of aliphatic hydroxyl groups excluding tert-OH is 10. The summed E-state index contributed by atoms with van der Waals surface area (Å²) in [6, 6.07) is 0. The molecule has 14 N–H and O–H groups in total. The van der Waals surface area contributed by atoms with E-state index in [2.05, 4.69) is 0 Å². The van der Waals surface area contributed by atoms with Gasteiger partial charge in [-0.25, -0.2) is 9.59 Å². The van der Waals surface area contributed by atoms with Crippen molar-refractivity contribution in [2.75, 3.05) is 13.2 Å². The zero-order chi connectivity index (χ0) is 21.2. The molecule has 15 nitrogen and oxygen atoms in total. The van der Waals surface area contributed by atoms with Crippen molar-refractivity contribution in [1.29, 1.82) is 0 Å². The molecule has 0 spiro atoms. The quantitative estimate of drug-likeness (QED) is 0.130. The maximum absolute atomic E-state index is 10.1. The monoisotopic (exact) mass is 474 g/mol. The van der Waals surface area contributed by atoms with Crippen LogP contribution in [0.2, 0.25) is 0 Å². The van der Waals surface area contributed by atoms with Crippen LogP contribution in [0, 0.1) is 0 Å². The number of carbonyl (C=O) groups is 2. The molecule has 28 heavy (non-hydrogen) atoms. The second-order valence-corrected chi connectivity index (χ2v) is 5.03. The number of aliphatic carboxylic acids is 2. The van der Waals surface area contributed by atoms with Crippen LogP contribution in [-0.4, -0.2) is 141 Å². The molecule has 0 aliphatic carbocycles. The summed E-state index contributed by atoms with van der Waals surface area (Å²) in [6.45, 7) is -1.69. The summed E-state index contributed by atoms with van der Waals surface area (Å²) >= 11 is 0. The van der Waals surface area contributed by atoms with Crippen molar-refractivity contribution >= 4 is 11.9 Å². The summed E-state index contributed by atoms with van der Waals surface area (Å²) in [4.78, 5) is 20.2. The zero-order valence-electron chi connectivity index (χ0n) is 14.4. The Balaban J connectivity index is -0.000000192. The topological polar surface area (TPSA) is 308 Å². The summed E-state index contributed by atoms with van der Waals surface area (Å²) < 4.78 is 0. The summed E-state index contributed by atoms with van der Waals surface area (Å²) in [5, 5.41) is 104. The summed E-state index contributed by atoms with van der Waals surface area (Å²) in [5.74, 6) is -3.45. The third kappa shape index (κ3) is 11.9. The summed E-state index contributed by atoms with van der Waals surface area (Å²) in [5.41, 5.74) is 0. The molecule has 0 saturated heterocycles. The molecule has 0 rings (SSSR count). The van der Waals surface area contributed by atoms with E-state index in [4.69, 9.17) is 61.3 Å². The predicted octanol–water partition coefficient (Wildman–Crippen LogP) is -7.81. The van der Waals surface area contributed by atoms with Crippen LogP contribution in [0.3, 0.4) is 0 Å². The third-order valence-corrected chi connectivity index (χ3v) is 3.02. The Kier molecular flexibility index (Phi) is 21.0. The molecule has 8 atom stereocenters. The number of carboxylic acids is 2. The molecule has 166 valence electrons. The van der Waals surface area contributed by atoms with Crippen LogP contribution in [0.4, 0.5) is 0 Å². The predicted molar refractivity (Wildman–Crippen MR) is 81.1 cm³/mol. The Morgan fingerprint density at radius 2 is 0.786 bits per heavy atom. The van der Waals surface area contributed by atoms with Crippen LogP contribution >= 0.6 is 0 Å². The molecule has 0 unspecified atom stereocenters. The van der Waals surface area contributed by atoms with Gasteiger partial charge in [0.15, 0.2) is 12.2 Å². The second-order valence-electron chi connectivity index (χ2n) is 5.03. The van der Waals surface area contributed by atoms with Gasteiger partial charge in [-0.3, -0.25) is 0 Å². The van der Waals surface area contributed by atoms with Gasteiger partial charge in [0.25, 0.3) is 0 Å². The Labute approximate surface area is 170 Å². The van der Waals surface area contributed by atoms with Crippen molar-refractivity contribution in [1.82, 2.24) is 0 Å². The SMILES string of the molecule is O.O=C(O)[C@H](O)[C@H](O)[C@@H](O)[C@H](O)CO.O=C(O)[C@H](O)[C@H](O)[C@@H](O)[C@H](O)CO.[Zn]. The van der Waals surface area contributed by atoms with E-state index in [9.17, 15) is 9.59 Å². The average molecular weight is 476 g/mol. The molecule has 0 aromatic rings. The summed E-state index contributed by atoms with van der Waals surface area (Å²) in [6.07, 6.45) is -15.7. The average Bonchev–Trinajstić information content (AvgIpc) is 2.62. The van der Waals surface area contributed by atoms with E-state index in [-0.39, 0.29) is 25.0 Å². The number of aliphatic hydroxyl groups is 10. The van der Waals surface area contributed by atoms with Crippen LogP contribution in [0.25, 0.3) is 0 Å². The maximum Gasteiger partial charge on any atom is 0.335 e. The maximum atomic E-state index is 10.1. The molecule has 0 aliphatic rings. The second kappa shape index (κ2) is 17.0. The van der Waals surface area contributed by atoms with Crippen LogP contribution in [0.5, 0.6) is 0 Å². The number of hydrogen-bond acceptors (Lipinski definition) is 12. The molecule has 0 aromatic heterocycles. The minimum Gasteiger partial charge on any atom is -0.479 e. The smallest absolute Gasteiger partial charge is 0.335 e. The summed E-state index contributed by atoms with van der Waals surface area (Å²) in [7, 11) is 0. The largest absolute Gasteiger partial charge is 0.479 e. The van der Waals surface area contributed by atoms with E-state index >= 15 is 0 Å². The first-order chi connectivity index (χ1) is 11.8. The van der Waals surface area contributed by atoms with Gasteiger partial charge in [-0.2, -0.15) is 0 Å². The van der Waals surface area contributed by atoms with E-state index in [1.54, 1.807) is 0 Å². The van der Waals surface area contributed by atoms with Gasteiger partial charge in [0.05, 0.1) is 13.2 Å². The van der Waals surface area contributed by atoms with Gasteiger partial charge in [-0.15, -0.1) is 0 Å². The molecule has 0 saturated carbocycles. The van der Waals surface area contributed by atoms with Crippen LogP contribution in [0.1, 0.15) is 0 Å². The van der Waals surface area contributed by atoms with E-state index < -0.39 is 74.0 Å². The van der Waals surface area contributed by atoms with Crippen LogP contribution in [-0.2, 0) is 29.1 Å². The van der Waals surface area contributed by atoms with Crippen molar-refractivity contribution < 1.29 is 95.8 Å². The van der Waals surface area contributed by atoms with Crippen LogP contribution < -0.4 is 0 Å². The molecule has 0 aromatic carbocycles. The fraction of sp³-hybridized carbons (Fsp3) is 0.833. The van der Waals surface area contributed by atoms with Crippen molar-refractivity contribution in [2.45, 2.75) is 48.8 Å². The fourth-order valence-corrected chi connectivity index (χ4v) is 1.34. The zero-order valence-corrected chi connectivity index (χ0v) is 17.4. The van der Waals surface area contributed by atoms with E-state index in [1.807, 2.05) is 0 Å². The Morgan fingerprint density at radius 3 is 0.929 bits per heavy atom. The Morgan fingerprint density at radius 1 is 0.571 bits per heavy atom. The standard InChI is InChI=1S/2C6H12O7.H2O.Zn/c2*7-1-2(8)3(9)4(10)5(11)6(12)13;;/h2*2-5,7-11H,1H2,(H,12,13);1H2;/t2*2-,3+,4-,5-;;/m11../s1. The third-order valence-electron chi connectivity index (χ3n) is 3.02. The normalized spacial score (nSPS) is 18.9. The minimum absolute atomic E-state index is 0. The minimum atomic E-state index is -2.20. The van der Waals surface area contributed by atoms with Crippen molar-refractivity contribution in [3.8, 4) is 0 Å².